The molecule has 1 atom stereocenters. The van der Waals surface area contributed by atoms with Gasteiger partial charge in [-0.3, -0.25) is 4.79 Å². The van der Waals surface area contributed by atoms with Crippen LogP contribution in [0, 0.1) is 0 Å². The molecule has 1 aliphatic heterocycles. The quantitative estimate of drug-likeness (QED) is 0.802. The van der Waals surface area contributed by atoms with E-state index in [4.69, 9.17) is 25.8 Å². The molecule has 0 N–H and O–H groups in total. The maximum atomic E-state index is 12.0. The summed E-state index contributed by atoms with van der Waals surface area (Å²) in [5, 5.41) is 0.544. The van der Waals surface area contributed by atoms with Gasteiger partial charge in [-0.05, 0) is 19.1 Å². The Morgan fingerprint density at radius 1 is 1.14 bits per heavy atom. The largest absolute Gasteiger partial charge is 0.466 e. The molecule has 4 nitrogen and oxygen atoms in total. The molecule has 0 radical (unpaired) electrons. The summed E-state index contributed by atoms with van der Waals surface area (Å²) in [4.78, 5) is 12.0. The molecule has 5 heteroatoms. The average Bonchev–Trinajstić information content (AvgIpc) is 2.86. The van der Waals surface area contributed by atoms with Crippen LogP contribution in [0.4, 0.5) is 0 Å². The van der Waals surface area contributed by atoms with Gasteiger partial charge >= 0.3 is 5.97 Å². The molecule has 2 aromatic carbocycles. The zero-order valence-corrected chi connectivity index (χ0v) is 12.8. The molecular weight excluding hydrogens is 304 g/mol. The lowest BCUT2D eigenvalue weighted by atomic mass is 10.0. The molecule has 0 fully saturated rings. The maximum absolute atomic E-state index is 12.0. The van der Waals surface area contributed by atoms with E-state index < -0.39 is 5.79 Å². The van der Waals surface area contributed by atoms with E-state index in [9.17, 15) is 4.79 Å². The van der Waals surface area contributed by atoms with Crippen LogP contribution in [0.25, 0.3) is 0 Å². The lowest BCUT2D eigenvalue weighted by Gasteiger charge is -2.27. The second-order valence-electron chi connectivity index (χ2n) is 4.90. The highest BCUT2D eigenvalue weighted by Gasteiger charge is 2.46. The minimum absolute atomic E-state index is 0.0445. The van der Waals surface area contributed by atoms with Gasteiger partial charge in [-0.25, -0.2) is 0 Å². The third-order valence-corrected chi connectivity index (χ3v) is 3.59. The first-order chi connectivity index (χ1) is 10.6. The fourth-order valence-corrected chi connectivity index (χ4v) is 2.57. The summed E-state index contributed by atoms with van der Waals surface area (Å²) in [7, 11) is 0. The van der Waals surface area contributed by atoms with Crippen molar-refractivity contribution in [1.29, 1.82) is 0 Å². The fraction of sp³-hybridized carbons (Fsp3) is 0.235. The number of benzene rings is 2. The fourth-order valence-electron chi connectivity index (χ4n) is 2.41. The van der Waals surface area contributed by atoms with Crippen molar-refractivity contribution in [3.8, 4) is 11.5 Å². The topological polar surface area (TPSA) is 44.8 Å². The Bertz CT molecular complexity index is 686. The summed E-state index contributed by atoms with van der Waals surface area (Å²) in [6.07, 6.45) is -0.0445. The molecule has 0 bridgehead atoms. The predicted octanol–water partition coefficient (Wildman–Crippen LogP) is 3.92. The SMILES string of the molecule is CCOC(=O)CC1(c2ccccc2)Oc2ccc(Cl)cc2O1. The highest BCUT2D eigenvalue weighted by Crippen LogP contribution is 2.46. The zero-order valence-electron chi connectivity index (χ0n) is 12.0. The average molecular weight is 319 g/mol. The van der Waals surface area contributed by atoms with E-state index in [2.05, 4.69) is 0 Å². The molecule has 0 aromatic heterocycles. The lowest BCUT2D eigenvalue weighted by Crippen LogP contribution is -2.38. The summed E-state index contributed by atoms with van der Waals surface area (Å²) >= 11 is 5.99. The van der Waals surface area contributed by atoms with Gasteiger partial charge in [0, 0.05) is 16.7 Å². The number of carbonyl (C=O) groups is 1. The van der Waals surface area contributed by atoms with E-state index in [0.29, 0.717) is 23.1 Å². The van der Waals surface area contributed by atoms with Crippen LogP contribution in [0.2, 0.25) is 5.02 Å². The molecule has 1 heterocycles. The van der Waals surface area contributed by atoms with Crippen LogP contribution < -0.4 is 9.47 Å². The predicted molar refractivity (Wildman–Crippen MR) is 82.1 cm³/mol. The molecular formula is C17H15ClO4. The summed E-state index contributed by atoms with van der Waals surface area (Å²) in [6.45, 7) is 2.07. The second kappa shape index (κ2) is 5.89. The van der Waals surface area contributed by atoms with E-state index in [1.54, 1.807) is 25.1 Å². The van der Waals surface area contributed by atoms with E-state index in [1.807, 2.05) is 30.3 Å². The third kappa shape index (κ3) is 2.74. The van der Waals surface area contributed by atoms with E-state index in [-0.39, 0.29) is 12.4 Å². The van der Waals surface area contributed by atoms with Gasteiger partial charge in [0.15, 0.2) is 11.5 Å². The van der Waals surface area contributed by atoms with Crippen LogP contribution in [-0.4, -0.2) is 12.6 Å². The van der Waals surface area contributed by atoms with Gasteiger partial charge in [-0.1, -0.05) is 41.9 Å². The molecule has 0 aliphatic carbocycles. The zero-order chi connectivity index (χ0) is 15.6. The Labute approximate surface area is 133 Å². The Hall–Kier alpha value is -2.20. The number of rotatable bonds is 4. The Morgan fingerprint density at radius 2 is 1.86 bits per heavy atom. The van der Waals surface area contributed by atoms with Gasteiger partial charge in [0.2, 0.25) is 0 Å². The number of halogens is 1. The van der Waals surface area contributed by atoms with Crippen molar-refractivity contribution in [3.05, 3.63) is 59.1 Å². The van der Waals surface area contributed by atoms with E-state index in [0.717, 1.165) is 5.56 Å². The van der Waals surface area contributed by atoms with Gasteiger partial charge in [0.05, 0.1) is 6.61 Å². The van der Waals surface area contributed by atoms with Crippen molar-refractivity contribution in [2.45, 2.75) is 19.1 Å². The molecule has 114 valence electrons. The van der Waals surface area contributed by atoms with Crippen LogP contribution in [0.5, 0.6) is 11.5 Å². The summed E-state index contributed by atoms with van der Waals surface area (Å²) in [5.74, 6) is -0.538. The van der Waals surface area contributed by atoms with Gasteiger partial charge in [0.25, 0.3) is 5.79 Å². The molecule has 0 amide bonds. The number of hydrogen-bond acceptors (Lipinski definition) is 4. The van der Waals surface area contributed by atoms with Crippen molar-refractivity contribution in [3.63, 3.8) is 0 Å². The summed E-state index contributed by atoms with van der Waals surface area (Å²) in [5.41, 5.74) is 0.746. The summed E-state index contributed by atoms with van der Waals surface area (Å²) < 4.78 is 17.0. The van der Waals surface area contributed by atoms with Gasteiger partial charge < -0.3 is 14.2 Å². The second-order valence-corrected chi connectivity index (χ2v) is 5.33. The van der Waals surface area contributed by atoms with Gasteiger partial charge in [-0.2, -0.15) is 0 Å². The number of carbonyl (C=O) groups excluding carboxylic acids is 1. The van der Waals surface area contributed by atoms with Gasteiger partial charge in [0.1, 0.15) is 6.42 Å². The highest BCUT2D eigenvalue weighted by atomic mass is 35.5. The van der Waals surface area contributed by atoms with Crippen LogP contribution in [-0.2, 0) is 15.3 Å². The van der Waals surface area contributed by atoms with Gasteiger partial charge in [-0.15, -0.1) is 0 Å². The monoisotopic (exact) mass is 318 g/mol. The van der Waals surface area contributed by atoms with Crippen LogP contribution >= 0.6 is 11.6 Å². The minimum Gasteiger partial charge on any atom is -0.466 e. The lowest BCUT2D eigenvalue weighted by molar-refractivity contribution is -0.159. The Balaban J connectivity index is 1.98. The van der Waals surface area contributed by atoms with Crippen molar-refractivity contribution >= 4 is 17.6 Å². The van der Waals surface area contributed by atoms with Crippen molar-refractivity contribution in [1.82, 2.24) is 0 Å². The molecule has 22 heavy (non-hydrogen) atoms. The van der Waals surface area contributed by atoms with Crippen molar-refractivity contribution < 1.29 is 19.0 Å². The third-order valence-electron chi connectivity index (χ3n) is 3.35. The smallest absolute Gasteiger partial charge is 0.314 e. The van der Waals surface area contributed by atoms with Crippen LogP contribution in [0.3, 0.4) is 0 Å². The number of fused-ring (bicyclic) bond motifs is 1. The molecule has 1 aliphatic rings. The molecule has 3 rings (SSSR count). The first-order valence-corrected chi connectivity index (χ1v) is 7.39. The number of hydrogen-bond donors (Lipinski definition) is 0. The van der Waals surface area contributed by atoms with E-state index >= 15 is 0 Å². The first kappa shape index (κ1) is 14.7. The summed E-state index contributed by atoms with van der Waals surface area (Å²) in [6, 6.07) is 14.4. The number of ether oxygens (including phenoxy) is 3. The minimum atomic E-state index is -1.22. The van der Waals surface area contributed by atoms with E-state index in [1.165, 1.54) is 0 Å². The van der Waals surface area contributed by atoms with Crippen molar-refractivity contribution in [2.24, 2.45) is 0 Å². The normalized spacial score (nSPS) is 19.0. The molecule has 0 saturated carbocycles. The standard InChI is InChI=1S/C17H15ClO4/c1-2-20-16(19)11-17(12-6-4-3-5-7-12)21-14-9-8-13(18)10-15(14)22-17/h3-10H,2,11H2,1H3. The number of esters is 1. The van der Waals surface area contributed by atoms with Crippen LogP contribution in [0.15, 0.2) is 48.5 Å². The first-order valence-electron chi connectivity index (χ1n) is 7.02. The Kier molecular flexibility index (Phi) is 3.94. The molecule has 0 saturated heterocycles. The van der Waals surface area contributed by atoms with Crippen molar-refractivity contribution in [2.75, 3.05) is 6.61 Å². The highest BCUT2D eigenvalue weighted by molar-refractivity contribution is 6.30. The molecule has 1 unspecified atom stereocenters. The maximum Gasteiger partial charge on any atom is 0.314 e. The van der Waals surface area contributed by atoms with Crippen LogP contribution in [0.1, 0.15) is 18.9 Å². The Morgan fingerprint density at radius 3 is 2.59 bits per heavy atom. The molecule has 0 spiro atoms. The molecule has 2 aromatic rings.